The highest BCUT2D eigenvalue weighted by atomic mass is 19.1. The topological polar surface area (TPSA) is 89.3 Å². The van der Waals surface area contributed by atoms with Crippen LogP contribution < -0.4 is 19.3 Å². The SMILES string of the molecule is CC(C)Oc1cccc(N2CC(=O)N(c3ccc(Oc4ccc5nccn5n4)c(F)c3)C2=O)c1. The van der Waals surface area contributed by atoms with Crippen molar-refractivity contribution < 1.29 is 23.5 Å². The Hall–Kier alpha value is -4.47. The molecule has 3 heterocycles. The molecule has 0 atom stereocenters. The Bertz CT molecular complexity index is 1400. The highest BCUT2D eigenvalue weighted by Crippen LogP contribution is 2.32. The molecule has 3 amide bonds. The summed E-state index contributed by atoms with van der Waals surface area (Å²) in [5.74, 6) is -0.552. The fourth-order valence-electron chi connectivity index (χ4n) is 3.63. The second kappa shape index (κ2) is 8.47. The van der Waals surface area contributed by atoms with Crippen molar-refractivity contribution in [3.05, 3.63) is 72.8 Å². The van der Waals surface area contributed by atoms with Gasteiger partial charge in [0.25, 0.3) is 5.91 Å². The molecule has 9 nitrogen and oxygen atoms in total. The Morgan fingerprint density at radius 1 is 1.03 bits per heavy atom. The summed E-state index contributed by atoms with van der Waals surface area (Å²) >= 11 is 0. The number of halogens is 1. The van der Waals surface area contributed by atoms with Gasteiger partial charge in [-0.2, -0.15) is 0 Å². The molecule has 0 unspecified atom stereocenters. The Labute approximate surface area is 193 Å². The third kappa shape index (κ3) is 4.01. The van der Waals surface area contributed by atoms with Crippen LogP contribution in [0.4, 0.5) is 20.6 Å². The molecular weight excluding hydrogens is 441 g/mol. The zero-order valence-electron chi connectivity index (χ0n) is 18.4. The third-order valence-corrected chi connectivity index (χ3v) is 5.08. The van der Waals surface area contributed by atoms with Crippen LogP contribution in [0.5, 0.6) is 17.4 Å². The zero-order chi connectivity index (χ0) is 23.8. The van der Waals surface area contributed by atoms with E-state index < -0.39 is 17.8 Å². The molecule has 0 spiro atoms. The van der Waals surface area contributed by atoms with E-state index in [1.165, 1.54) is 21.5 Å². The van der Waals surface area contributed by atoms with Crippen LogP contribution in [0.3, 0.4) is 0 Å². The molecule has 0 radical (unpaired) electrons. The standard InChI is InChI=1S/C24H20FN5O4/c1-15(2)33-18-5-3-4-16(12-18)28-14-23(31)30(24(28)32)17-6-7-20(19(25)13-17)34-22-9-8-21-26-10-11-29(21)27-22/h3-13,15H,14H2,1-2H3. The molecule has 10 heteroatoms. The molecule has 0 aliphatic carbocycles. The van der Waals surface area contributed by atoms with E-state index in [4.69, 9.17) is 9.47 Å². The molecule has 0 bridgehead atoms. The van der Waals surface area contributed by atoms with Crippen LogP contribution in [0.2, 0.25) is 0 Å². The van der Waals surface area contributed by atoms with Crippen molar-refractivity contribution >= 4 is 29.0 Å². The summed E-state index contributed by atoms with van der Waals surface area (Å²) in [5.41, 5.74) is 1.25. The molecule has 2 aromatic heterocycles. The maximum absolute atomic E-state index is 14.8. The number of hydrogen-bond acceptors (Lipinski definition) is 6. The number of fused-ring (bicyclic) bond motifs is 1. The number of aromatic nitrogens is 3. The number of nitrogens with zero attached hydrogens (tertiary/aromatic N) is 5. The lowest BCUT2D eigenvalue weighted by molar-refractivity contribution is -0.115. The molecule has 34 heavy (non-hydrogen) atoms. The average molecular weight is 461 g/mol. The van der Waals surface area contributed by atoms with E-state index in [9.17, 15) is 14.0 Å². The lowest BCUT2D eigenvalue weighted by Crippen LogP contribution is -2.33. The summed E-state index contributed by atoms with van der Waals surface area (Å²) in [4.78, 5) is 32.1. The first-order valence-electron chi connectivity index (χ1n) is 10.6. The highest BCUT2D eigenvalue weighted by molar-refractivity contribution is 6.27. The summed E-state index contributed by atoms with van der Waals surface area (Å²) in [7, 11) is 0. The smallest absolute Gasteiger partial charge is 0.336 e. The fraction of sp³-hybridized carbons (Fsp3) is 0.167. The normalized spacial score (nSPS) is 13.9. The number of urea groups is 1. The van der Waals surface area contributed by atoms with Gasteiger partial charge >= 0.3 is 6.03 Å². The van der Waals surface area contributed by atoms with Gasteiger partial charge in [-0.15, -0.1) is 5.10 Å². The average Bonchev–Trinajstić information content (AvgIpc) is 3.38. The van der Waals surface area contributed by atoms with Gasteiger partial charge in [0.05, 0.1) is 11.8 Å². The summed E-state index contributed by atoms with van der Waals surface area (Å²) < 4.78 is 27.6. The van der Waals surface area contributed by atoms with Crippen LogP contribution in [0.15, 0.2) is 67.0 Å². The molecule has 0 N–H and O–H groups in total. The van der Waals surface area contributed by atoms with E-state index >= 15 is 0 Å². The van der Waals surface area contributed by atoms with Gasteiger partial charge in [-0.1, -0.05) is 6.07 Å². The molecule has 1 aliphatic rings. The summed E-state index contributed by atoms with van der Waals surface area (Å²) in [6.45, 7) is 3.62. The molecule has 5 rings (SSSR count). The van der Waals surface area contributed by atoms with E-state index in [2.05, 4.69) is 10.1 Å². The quantitative estimate of drug-likeness (QED) is 0.395. The number of carbonyl (C=O) groups excluding carboxylic acids is 2. The first-order chi connectivity index (χ1) is 16.4. The van der Waals surface area contributed by atoms with Gasteiger partial charge in [0.1, 0.15) is 12.3 Å². The number of rotatable bonds is 6. The fourth-order valence-corrected chi connectivity index (χ4v) is 3.63. The predicted molar refractivity (Wildman–Crippen MR) is 122 cm³/mol. The van der Waals surface area contributed by atoms with Gasteiger partial charge in [-0.25, -0.2) is 23.6 Å². The van der Waals surface area contributed by atoms with Crippen LogP contribution in [-0.2, 0) is 4.79 Å². The van der Waals surface area contributed by atoms with Crippen LogP contribution in [0.1, 0.15) is 13.8 Å². The molecule has 1 aliphatic heterocycles. The van der Waals surface area contributed by atoms with Crippen molar-refractivity contribution in [2.75, 3.05) is 16.3 Å². The number of imide groups is 1. The second-order valence-corrected chi connectivity index (χ2v) is 7.88. The van der Waals surface area contributed by atoms with Gasteiger partial charge in [0.15, 0.2) is 17.2 Å². The summed E-state index contributed by atoms with van der Waals surface area (Å²) in [6, 6.07) is 13.5. The number of carbonyl (C=O) groups is 2. The number of amides is 3. The zero-order valence-corrected chi connectivity index (χ0v) is 18.4. The number of benzene rings is 2. The van der Waals surface area contributed by atoms with Crippen molar-refractivity contribution in [2.45, 2.75) is 20.0 Å². The lowest BCUT2D eigenvalue weighted by Gasteiger charge is -2.19. The van der Waals surface area contributed by atoms with Crippen molar-refractivity contribution in [1.29, 1.82) is 0 Å². The number of anilines is 2. The van der Waals surface area contributed by atoms with Gasteiger partial charge < -0.3 is 9.47 Å². The Balaban J connectivity index is 1.36. The molecular formula is C24H20FN5O4. The van der Waals surface area contributed by atoms with E-state index in [1.807, 2.05) is 13.8 Å². The number of hydrogen-bond donors (Lipinski definition) is 0. The Kier molecular flexibility index (Phi) is 5.33. The monoisotopic (exact) mass is 461 g/mol. The molecule has 1 fully saturated rings. The Morgan fingerprint density at radius 2 is 1.88 bits per heavy atom. The molecule has 172 valence electrons. The van der Waals surface area contributed by atoms with E-state index in [-0.39, 0.29) is 30.0 Å². The molecule has 2 aromatic carbocycles. The van der Waals surface area contributed by atoms with Crippen LogP contribution in [0, 0.1) is 5.82 Å². The van der Waals surface area contributed by atoms with Gasteiger partial charge in [0.2, 0.25) is 5.88 Å². The largest absolute Gasteiger partial charge is 0.491 e. The van der Waals surface area contributed by atoms with E-state index in [1.54, 1.807) is 48.8 Å². The van der Waals surface area contributed by atoms with Crippen LogP contribution in [-0.4, -0.2) is 39.2 Å². The van der Waals surface area contributed by atoms with E-state index in [0.717, 1.165) is 11.0 Å². The first-order valence-corrected chi connectivity index (χ1v) is 10.6. The number of ether oxygens (including phenoxy) is 2. The summed E-state index contributed by atoms with van der Waals surface area (Å²) in [6.07, 6.45) is 3.19. The van der Waals surface area contributed by atoms with Gasteiger partial charge in [-0.05, 0) is 44.2 Å². The van der Waals surface area contributed by atoms with E-state index in [0.29, 0.717) is 17.1 Å². The molecule has 0 saturated carbocycles. The summed E-state index contributed by atoms with van der Waals surface area (Å²) in [5, 5.41) is 4.19. The van der Waals surface area contributed by atoms with Crippen LogP contribution >= 0.6 is 0 Å². The second-order valence-electron chi connectivity index (χ2n) is 7.88. The van der Waals surface area contributed by atoms with Crippen molar-refractivity contribution in [1.82, 2.24) is 14.6 Å². The maximum atomic E-state index is 14.8. The minimum absolute atomic E-state index is 0.0385. The highest BCUT2D eigenvalue weighted by Gasteiger charge is 2.38. The lowest BCUT2D eigenvalue weighted by atomic mass is 10.2. The first kappa shape index (κ1) is 21.4. The van der Waals surface area contributed by atoms with Gasteiger partial charge in [-0.3, -0.25) is 9.69 Å². The van der Waals surface area contributed by atoms with Crippen LogP contribution in [0.25, 0.3) is 5.65 Å². The third-order valence-electron chi connectivity index (χ3n) is 5.08. The van der Waals surface area contributed by atoms with Crippen molar-refractivity contribution in [3.63, 3.8) is 0 Å². The van der Waals surface area contributed by atoms with Crippen molar-refractivity contribution in [2.24, 2.45) is 0 Å². The van der Waals surface area contributed by atoms with Gasteiger partial charge in [0, 0.05) is 36.3 Å². The number of imidazole rings is 1. The Morgan fingerprint density at radius 3 is 2.68 bits per heavy atom. The predicted octanol–water partition coefficient (Wildman–Crippen LogP) is 4.42. The minimum atomic E-state index is -0.739. The molecule has 1 saturated heterocycles. The molecule has 4 aromatic rings. The minimum Gasteiger partial charge on any atom is -0.491 e. The maximum Gasteiger partial charge on any atom is 0.336 e. The van der Waals surface area contributed by atoms with Crippen molar-refractivity contribution in [3.8, 4) is 17.4 Å².